The van der Waals surface area contributed by atoms with Gasteiger partial charge in [-0.3, -0.25) is 14.5 Å². The molecule has 0 radical (unpaired) electrons. The molecule has 2 amide bonds. The molecule has 1 heterocycles. The van der Waals surface area contributed by atoms with Gasteiger partial charge in [0, 0.05) is 13.0 Å². The molecule has 3 heteroatoms. The van der Waals surface area contributed by atoms with Crippen molar-refractivity contribution >= 4 is 11.8 Å². The van der Waals surface area contributed by atoms with Gasteiger partial charge in [0.25, 0.3) is 0 Å². The minimum absolute atomic E-state index is 0.0681. The fraction of sp³-hybridized carbons (Fsp3) is 0.652. The summed E-state index contributed by atoms with van der Waals surface area (Å²) < 4.78 is 0. The molecule has 3 nitrogen and oxygen atoms in total. The third-order valence-electron chi connectivity index (χ3n) is 7.87. The molecule has 4 saturated carbocycles. The van der Waals surface area contributed by atoms with Gasteiger partial charge in [0.15, 0.2) is 0 Å². The highest BCUT2D eigenvalue weighted by molar-refractivity contribution is 6.04. The number of hydrogen-bond donors (Lipinski definition) is 0. The summed E-state index contributed by atoms with van der Waals surface area (Å²) in [4.78, 5) is 27.6. The van der Waals surface area contributed by atoms with Crippen molar-refractivity contribution in [1.82, 2.24) is 4.90 Å². The predicted octanol–water partition coefficient (Wildman–Crippen LogP) is 4.38. The normalized spacial score (nSPS) is 39.7. The maximum absolute atomic E-state index is 13.2. The Balaban J connectivity index is 1.34. The maximum Gasteiger partial charge on any atom is 0.233 e. The van der Waals surface area contributed by atoms with Crippen molar-refractivity contribution in [2.24, 2.45) is 29.1 Å². The molecule has 0 spiro atoms. The van der Waals surface area contributed by atoms with Gasteiger partial charge in [0.05, 0.1) is 5.92 Å². The highest BCUT2D eigenvalue weighted by Gasteiger charge is 2.53. The van der Waals surface area contributed by atoms with E-state index in [0.29, 0.717) is 13.0 Å². The molecule has 0 N–H and O–H groups in total. The van der Waals surface area contributed by atoms with E-state index in [1.807, 2.05) is 18.2 Å². The average molecular weight is 351 g/mol. The van der Waals surface area contributed by atoms with E-state index >= 15 is 0 Å². The molecule has 138 valence electrons. The molecule has 1 saturated heterocycles. The van der Waals surface area contributed by atoms with Crippen LogP contribution in [0.2, 0.25) is 0 Å². The zero-order valence-electron chi connectivity index (χ0n) is 15.7. The third kappa shape index (κ3) is 2.62. The molecule has 2 unspecified atom stereocenters. The molecule has 1 aromatic rings. The van der Waals surface area contributed by atoms with Crippen LogP contribution in [-0.4, -0.2) is 23.3 Å². The monoisotopic (exact) mass is 351 g/mol. The van der Waals surface area contributed by atoms with Crippen molar-refractivity contribution in [2.45, 2.75) is 57.8 Å². The van der Waals surface area contributed by atoms with Gasteiger partial charge in [-0.2, -0.15) is 0 Å². The number of rotatable bonds is 4. The van der Waals surface area contributed by atoms with E-state index in [2.05, 4.69) is 19.1 Å². The minimum atomic E-state index is -0.182. The number of likely N-dealkylation sites (tertiary alicyclic amines) is 1. The Morgan fingerprint density at radius 2 is 1.58 bits per heavy atom. The first-order valence-corrected chi connectivity index (χ1v) is 10.4. The number of imide groups is 1. The Kier molecular flexibility index (Phi) is 3.77. The Labute approximate surface area is 156 Å². The Morgan fingerprint density at radius 1 is 1.00 bits per heavy atom. The number of nitrogens with zero attached hydrogens (tertiary/aromatic N) is 1. The van der Waals surface area contributed by atoms with Crippen LogP contribution in [-0.2, 0) is 9.59 Å². The summed E-state index contributed by atoms with van der Waals surface area (Å²) in [5.74, 6) is 2.64. The zero-order chi connectivity index (χ0) is 17.9. The van der Waals surface area contributed by atoms with Crippen molar-refractivity contribution < 1.29 is 9.59 Å². The lowest BCUT2D eigenvalue weighted by atomic mass is 9.49. The van der Waals surface area contributed by atoms with Crippen molar-refractivity contribution in [3.8, 4) is 0 Å². The van der Waals surface area contributed by atoms with E-state index < -0.39 is 0 Å². The summed E-state index contributed by atoms with van der Waals surface area (Å²) in [6.45, 7) is 2.80. The molecule has 5 aliphatic rings. The molecule has 4 bridgehead atoms. The molecule has 6 rings (SSSR count). The molecule has 1 aromatic carbocycles. The van der Waals surface area contributed by atoms with Gasteiger partial charge < -0.3 is 0 Å². The van der Waals surface area contributed by atoms with Crippen LogP contribution in [0.3, 0.4) is 0 Å². The van der Waals surface area contributed by atoms with Crippen molar-refractivity contribution in [1.29, 1.82) is 0 Å². The first-order chi connectivity index (χ1) is 12.5. The number of amides is 2. The van der Waals surface area contributed by atoms with Crippen LogP contribution < -0.4 is 0 Å². The largest absolute Gasteiger partial charge is 0.282 e. The lowest BCUT2D eigenvalue weighted by molar-refractivity contribution is -0.145. The fourth-order valence-corrected chi connectivity index (χ4v) is 7.07. The van der Waals surface area contributed by atoms with Crippen molar-refractivity contribution in [3.05, 3.63) is 35.9 Å². The van der Waals surface area contributed by atoms with Crippen LogP contribution in [0, 0.1) is 29.1 Å². The van der Waals surface area contributed by atoms with Crippen LogP contribution in [0.5, 0.6) is 0 Å². The van der Waals surface area contributed by atoms with Gasteiger partial charge in [-0.1, -0.05) is 37.3 Å². The zero-order valence-corrected chi connectivity index (χ0v) is 15.7. The maximum atomic E-state index is 13.2. The Bertz CT molecular complexity index is 690. The number of carbonyl (C=O) groups excluding carboxylic acids is 2. The van der Waals surface area contributed by atoms with E-state index in [1.165, 1.54) is 38.5 Å². The Hall–Kier alpha value is -1.64. The second-order valence-corrected chi connectivity index (χ2v) is 9.75. The van der Waals surface area contributed by atoms with Crippen molar-refractivity contribution in [2.75, 3.05) is 6.54 Å². The SMILES string of the molecule is CC(c1ccccc1)C1CC(=O)N(CC23CC4CC(CC(C4)C2)C3)C1=O. The van der Waals surface area contributed by atoms with E-state index in [4.69, 9.17) is 0 Å². The molecular weight excluding hydrogens is 322 g/mol. The van der Waals surface area contributed by atoms with Crippen LogP contribution in [0.4, 0.5) is 0 Å². The van der Waals surface area contributed by atoms with Crippen LogP contribution in [0.1, 0.15) is 63.4 Å². The van der Waals surface area contributed by atoms with Gasteiger partial charge in [0.1, 0.15) is 0 Å². The first kappa shape index (κ1) is 16.5. The number of benzene rings is 1. The summed E-state index contributed by atoms with van der Waals surface area (Å²) >= 11 is 0. The van der Waals surface area contributed by atoms with E-state index in [-0.39, 0.29) is 29.1 Å². The van der Waals surface area contributed by atoms with E-state index in [1.54, 1.807) is 4.90 Å². The standard InChI is InChI=1S/C23H29NO2/c1-15(19-5-3-2-4-6-19)20-10-21(25)24(22(20)26)14-23-11-16-7-17(12-23)9-18(8-16)13-23/h2-6,15-18,20H,7-14H2,1H3. The minimum Gasteiger partial charge on any atom is -0.282 e. The molecule has 4 aliphatic carbocycles. The molecule has 5 fully saturated rings. The van der Waals surface area contributed by atoms with Gasteiger partial charge in [-0.15, -0.1) is 0 Å². The summed E-state index contributed by atoms with van der Waals surface area (Å²) in [6, 6.07) is 10.2. The van der Waals surface area contributed by atoms with Gasteiger partial charge in [-0.25, -0.2) is 0 Å². The summed E-state index contributed by atoms with van der Waals surface area (Å²) in [6.07, 6.45) is 8.32. The van der Waals surface area contributed by atoms with Crippen molar-refractivity contribution in [3.63, 3.8) is 0 Å². The smallest absolute Gasteiger partial charge is 0.233 e. The van der Waals surface area contributed by atoms with E-state index in [0.717, 1.165) is 23.3 Å². The molecule has 2 atom stereocenters. The second kappa shape index (κ2) is 5.94. The topological polar surface area (TPSA) is 37.4 Å². The molecular formula is C23H29NO2. The molecule has 26 heavy (non-hydrogen) atoms. The van der Waals surface area contributed by atoms with Crippen LogP contribution in [0.25, 0.3) is 0 Å². The summed E-state index contributed by atoms with van der Waals surface area (Å²) in [5, 5.41) is 0. The average Bonchev–Trinajstić information content (AvgIpc) is 2.88. The third-order valence-corrected chi connectivity index (χ3v) is 7.87. The van der Waals surface area contributed by atoms with Crippen LogP contribution >= 0.6 is 0 Å². The number of carbonyl (C=O) groups is 2. The molecule has 1 aliphatic heterocycles. The second-order valence-electron chi connectivity index (χ2n) is 9.75. The quantitative estimate of drug-likeness (QED) is 0.755. The van der Waals surface area contributed by atoms with Gasteiger partial charge in [-0.05, 0) is 73.2 Å². The lowest BCUT2D eigenvalue weighted by Crippen LogP contribution is -2.52. The van der Waals surface area contributed by atoms with Crippen LogP contribution in [0.15, 0.2) is 30.3 Å². The predicted molar refractivity (Wildman–Crippen MR) is 100 cm³/mol. The highest BCUT2D eigenvalue weighted by Crippen LogP contribution is 2.60. The summed E-state index contributed by atoms with van der Waals surface area (Å²) in [5.41, 5.74) is 1.40. The fourth-order valence-electron chi connectivity index (χ4n) is 7.07. The Morgan fingerprint density at radius 3 is 2.15 bits per heavy atom. The van der Waals surface area contributed by atoms with Gasteiger partial charge in [0.2, 0.25) is 11.8 Å². The highest BCUT2D eigenvalue weighted by atomic mass is 16.2. The number of hydrogen-bond acceptors (Lipinski definition) is 2. The lowest BCUT2D eigenvalue weighted by Gasteiger charge is -2.57. The molecule has 0 aromatic heterocycles. The van der Waals surface area contributed by atoms with E-state index in [9.17, 15) is 9.59 Å². The van der Waals surface area contributed by atoms with Gasteiger partial charge >= 0.3 is 0 Å². The summed E-state index contributed by atoms with van der Waals surface area (Å²) in [7, 11) is 0. The first-order valence-electron chi connectivity index (χ1n) is 10.4.